The number of tetrazole rings is 1. The van der Waals surface area contributed by atoms with Crippen molar-refractivity contribution in [3.8, 4) is 5.82 Å². The largest absolute Gasteiger partial charge is 0.456 e. The van der Waals surface area contributed by atoms with Crippen LogP contribution >= 0.6 is 0 Å². The number of piperidine rings is 1. The molecule has 2 aromatic rings. The lowest BCUT2D eigenvalue weighted by Crippen LogP contribution is -2.45. The van der Waals surface area contributed by atoms with Gasteiger partial charge in [0.25, 0.3) is 0 Å². The van der Waals surface area contributed by atoms with Crippen molar-refractivity contribution in [2.45, 2.75) is 39.2 Å². The molecule has 174 valence electrons. The Balaban J connectivity index is 1.21. The molecule has 11 heteroatoms. The van der Waals surface area contributed by atoms with Crippen LogP contribution in [-0.4, -0.2) is 84.8 Å². The minimum absolute atomic E-state index is 0.105. The van der Waals surface area contributed by atoms with Crippen LogP contribution in [0.15, 0.2) is 29.7 Å². The van der Waals surface area contributed by atoms with Gasteiger partial charge in [-0.05, 0) is 62.7 Å². The Morgan fingerprint density at radius 3 is 2.55 bits per heavy atom. The van der Waals surface area contributed by atoms with Crippen LogP contribution in [0.1, 0.15) is 43.5 Å². The normalized spacial score (nSPS) is 21.8. The number of hydrogen-bond acceptors (Lipinski definition) is 9. The zero-order valence-electron chi connectivity index (χ0n) is 18.8. The van der Waals surface area contributed by atoms with Crippen LogP contribution in [0.2, 0.25) is 0 Å². The molecule has 0 radical (unpaired) electrons. The van der Waals surface area contributed by atoms with Crippen molar-refractivity contribution in [3.63, 3.8) is 0 Å². The number of esters is 1. The number of aromatic nitrogens is 5. The lowest BCUT2D eigenvalue weighted by atomic mass is 9.77. The molecule has 0 saturated carbocycles. The first-order valence-corrected chi connectivity index (χ1v) is 11.2. The number of aliphatic hydroxyl groups is 1. The smallest absolute Gasteiger partial charge is 0.336 e. The molecule has 1 atom stereocenters. The van der Waals surface area contributed by atoms with Gasteiger partial charge in [-0.1, -0.05) is 6.07 Å². The molecule has 1 N–H and O–H groups in total. The van der Waals surface area contributed by atoms with Gasteiger partial charge in [-0.15, -0.1) is 5.10 Å². The Bertz CT molecular complexity index is 1110. The standard InChI is InChI=1S/C22H27N7O4/c1-14-17(12-33-20(14)31)28-10-7-22(21(28)32)5-8-27(9-6-22)11-18(30)16-3-4-19(24-15(16)2)29-13-23-25-26-29/h3-4,13,18,30H,5-12H2,1-2H3. The minimum atomic E-state index is -0.681. The molecule has 2 saturated heterocycles. The predicted molar refractivity (Wildman–Crippen MR) is 115 cm³/mol. The summed E-state index contributed by atoms with van der Waals surface area (Å²) < 4.78 is 6.57. The molecule has 2 fully saturated rings. The summed E-state index contributed by atoms with van der Waals surface area (Å²) in [4.78, 5) is 33.5. The first kappa shape index (κ1) is 21.7. The van der Waals surface area contributed by atoms with Crippen molar-refractivity contribution in [2.24, 2.45) is 5.41 Å². The predicted octanol–water partition coefficient (Wildman–Crippen LogP) is 0.544. The Kier molecular flexibility index (Phi) is 5.45. The maximum absolute atomic E-state index is 13.3. The average Bonchev–Trinajstić information content (AvgIpc) is 3.53. The van der Waals surface area contributed by atoms with Crippen molar-refractivity contribution < 1.29 is 19.4 Å². The summed E-state index contributed by atoms with van der Waals surface area (Å²) in [5, 5.41) is 21.9. The number of aryl methyl sites for hydroxylation is 1. The summed E-state index contributed by atoms with van der Waals surface area (Å²) >= 11 is 0. The molecule has 3 aliphatic heterocycles. The van der Waals surface area contributed by atoms with Crippen LogP contribution in [0.3, 0.4) is 0 Å². The van der Waals surface area contributed by atoms with Gasteiger partial charge in [0.15, 0.2) is 5.82 Å². The molecule has 33 heavy (non-hydrogen) atoms. The Morgan fingerprint density at radius 2 is 1.91 bits per heavy atom. The van der Waals surface area contributed by atoms with E-state index in [1.165, 1.54) is 11.0 Å². The van der Waals surface area contributed by atoms with E-state index in [2.05, 4.69) is 25.4 Å². The van der Waals surface area contributed by atoms with E-state index in [-0.39, 0.29) is 23.9 Å². The number of aliphatic hydroxyl groups excluding tert-OH is 1. The zero-order chi connectivity index (χ0) is 23.2. The van der Waals surface area contributed by atoms with Gasteiger partial charge in [0.2, 0.25) is 5.91 Å². The van der Waals surface area contributed by atoms with Crippen molar-refractivity contribution in [1.82, 2.24) is 35.0 Å². The SMILES string of the molecule is CC1=C(N2CCC3(CCN(CC(O)c4ccc(-n5cnnn5)nc4C)CC3)C2=O)COC1=O. The third-order valence-electron chi connectivity index (χ3n) is 7.22. The first-order chi connectivity index (χ1) is 15.9. The van der Waals surface area contributed by atoms with Gasteiger partial charge in [-0.25, -0.2) is 9.78 Å². The van der Waals surface area contributed by atoms with Gasteiger partial charge in [-0.3, -0.25) is 4.79 Å². The molecule has 5 heterocycles. The molecular formula is C22H27N7O4. The summed E-state index contributed by atoms with van der Waals surface area (Å²) in [6.07, 6.45) is 3.06. The number of carbonyl (C=O) groups is 2. The van der Waals surface area contributed by atoms with Crippen LogP contribution in [0.25, 0.3) is 5.82 Å². The van der Waals surface area contributed by atoms with Crippen molar-refractivity contribution in [2.75, 3.05) is 32.8 Å². The molecule has 1 amide bonds. The number of rotatable bonds is 5. The van der Waals surface area contributed by atoms with Gasteiger partial charge in [0, 0.05) is 24.3 Å². The summed E-state index contributed by atoms with van der Waals surface area (Å²) in [5.74, 6) is 0.365. The second-order valence-corrected chi connectivity index (χ2v) is 9.05. The zero-order valence-corrected chi connectivity index (χ0v) is 18.8. The van der Waals surface area contributed by atoms with E-state index in [1.807, 2.05) is 13.0 Å². The maximum Gasteiger partial charge on any atom is 0.336 e. The van der Waals surface area contributed by atoms with Crippen LogP contribution in [0.5, 0.6) is 0 Å². The highest BCUT2D eigenvalue weighted by molar-refractivity contribution is 5.94. The van der Waals surface area contributed by atoms with E-state index >= 15 is 0 Å². The molecule has 0 aliphatic carbocycles. The summed E-state index contributed by atoms with van der Waals surface area (Å²) in [7, 11) is 0. The molecule has 0 aromatic carbocycles. The molecule has 0 bridgehead atoms. The second-order valence-electron chi connectivity index (χ2n) is 9.05. The Hall–Kier alpha value is -3.18. The number of carbonyl (C=O) groups excluding carboxylic acids is 2. The molecule has 3 aliphatic rings. The highest BCUT2D eigenvalue weighted by atomic mass is 16.5. The minimum Gasteiger partial charge on any atom is -0.456 e. The first-order valence-electron chi connectivity index (χ1n) is 11.2. The van der Waals surface area contributed by atoms with E-state index in [9.17, 15) is 14.7 Å². The van der Waals surface area contributed by atoms with Gasteiger partial charge in [0.1, 0.15) is 12.9 Å². The van der Waals surface area contributed by atoms with Gasteiger partial charge < -0.3 is 19.6 Å². The quantitative estimate of drug-likeness (QED) is 0.646. The Labute approximate surface area is 191 Å². The van der Waals surface area contributed by atoms with Gasteiger partial charge in [0.05, 0.1) is 22.8 Å². The van der Waals surface area contributed by atoms with E-state index in [0.717, 1.165) is 43.6 Å². The lowest BCUT2D eigenvalue weighted by Gasteiger charge is -2.38. The van der Waals surface area contributed by atoms with Gasteiger partial charge in [-0.2, -0.15) is 4.68 Å². The fourth-order valence-corrected chi connectivity index (χ4v) is 5.10. The number of nitrogens with zero attached hydrogens (tertiary/aromatic N) is 7. The van der Waals surface area contributed by atoms with E-state index in [4.69, 9.17) is 4.74 Å². The van der Waals surface area contributed by atoms with Crippen molar-refractivity contribution >= 4 is 11.9 Å². The number of likely N-dealkylation sites (tertiary alicyclic amines) is 2. The van der Waals surface area contributed by atoms with Crippen LogP contribution in [-0.2, 0) is 14.3 Å². The lowest BCUT2D eigenvalue weighted by molar-refractivity contribution is -0.138. The molecule has 11 nitrogen and oxygen atoms in total. The highest BCUT2D eigenvalue weighted by Crippen LogP contribution is 2.44. The molecular weight excluding hydrogens is 426 g/mol. The number of cyclic esters (lactones) is 1. The molecule has 5 rings (SSSR count). The highest BCUT2D eigenvalue weighted by Gasteiger charge is 2.50. The number of hydrogen-bond donors (Lipinski definition) is 1. The molecule has 2 aromatic heterocycles. The third-order valence-corrected chi connectivity index (χ3v) is 7.22. The fraction of sp³-hybridized carbons (Fsp3) is 0.545. The fourth-order valence-electron chi connectivity index (χ4n) is 5.10. The van der Waals surface area contributed by atoms with Crippen LogP contribution in [0, 0.1) is 12.3 Å². The van der Waals surface area contributed by atoms with E-state index in [0.29, 0.717) is 30.2 Å². The second kappa shape index (κ2) is 8.31. The number of amides is 1. The topological polar surface area (TPSA) is 127 Å². The number of ether oxygens (including phenoxy) is 1. The van der Waals surface area contributed by atoms with Crippen molar-refractivity contribution in [3.05, 3.63) is 41.0 Å². The van der Waals surface area contributed by atoms with E-state index in [1.54, 1.807) is 17.9 Å². The van der Waals surface area contributed by atoms with Crippen molar-refractivity contribution in [1.29, 1.82) is 0 Å². The van der Waals surface area contributed by atoms with Gasteiger partial charge >= 0.3 is 5.97 Å². The monoisotopic (exact) mass is 453 g/mol. The maximum atomic E-state index is 13.3. The summed E-state index contributed by atoms with van der Waals surface area (Å²) in [6, 6.07) is 3.64. The average molecular weight is 454 g/mol. The molecule has 1 unspecified atom stereocenters. The Morgan fingerprint density at radius 1 is 1.15 bits per heavy atom. The van der Waals surface area contributed by atoms with Crippen LogP contribution < -0.4 is 0 Å². The third kappa shape index (κ3) is 3.80. The summed E-state index contributed by atoms with van der Waals surface area (Å²) in [5.41, 5.74) is 2.36. The van der Waals surface area contributed by atoms with Crippen LogP contribution in [0.4, 0.5) is 0 Å². The number of β-amino-alcohol motifs (C(OH)–C–C–N with tert-alkyl or cyclic N) is 1. The summed E-state index contributed by atoms with van der Waals surface area (Å²) in [6.45, 7) is 6.34. The van der Waals surface area contributed by atoms with E-state index < -0.39 is 6.10 Å². The molecule has 1 spiro atoms. The number of pyridine rings is 1.